The van der Waals surface area contributed by atoms with Crippen LogP contribution in [0.3, 0.4) is 0 Å². The van der Waals surface area contributed by atoms with Crippen molar-refractivity contribution in [1.82, 2.24) is 5.32 Å². The fourth-order valence-electron chi connectivity index (χ4n) is 10.4. The van der Waals surface area contributed by atoms with Crippen LogP contribution in [0.25, 0.3) is 0 Å². The van der Waals surface area contributed by atoms with Crippen molar-refractivity contribution >= 4 is 11.9 Å². The smallest absolute Gasteiger partial charge is 0.305 e. The molecule has 0 rings (SSSR count). The molecule has 6 nitrogen and oxygen atoms in total. The summed E-state index contributed by atoms with van der Waals surface area (Å²) >= 11 is 0. The second-order valence-corrected chi connectivity index (χ2v) is 23.1. The Balaban J connectivity index is 3.44. The standard InChI is InChI=1S/C70H131NO5/c1-3-5-7-9-11-13-15-17-19-21-27-30-34-38-42-46-50-54-58-62-68(73)67(66-72)71-69(74)63-59-55-51-47-43-39-35-31-28-25-23-24-26-29-33-37-41-45-49-53-57-61-65-76-70(75)64-60-56-52-48-44-40-36-32-22-20-18-16-14-12-10-8-6-4-2/h14,16,20,22,25,28,58,62,67-68,72-73H,3-13,15,17-19,21,23-24,26-27,29-57,59-61,63-66H2,1-2H3,(H,71,74)/b16-14-,22-20-,28-25-,62-58+. The third kappa shape index (κ3) is 61.0. The Kier molecular flexibility index (Phi) is 63.5. The molecule has 2 unspecified atom stereocenters. The minimum absolute atomic E-state index is 0.00217. The third-order valence-corrected chi connectivity index (χ3v) is 15.6. The molecule has 3 N–H and O–H groups in total. The molecule has 0 aromatic heterocycles. The van der Waals surface area contributed by atoms with Gasteiger partial charge in [-0.2, -0.15) is 0 Å². The van der Waals surface area contributed by atoms with Gasteiger partial charge in [0.15, 0.2) is 0 Å². The Morgan fingerprint density at radius 2 is 0.658 bits per heavy atom. The largest absolute Gasteiger partial charge is 0.466 e. The van der Waals surface area contributed by atoms with E-state index in [0.29, 0.717) is 19.4 Å². The van der Waals surface area contributed by atoms with Crippen molar-refractivity contribution in [2.24, 2.45) is 0 Å². The van der Waals surface area contributed by atoms with Crippen LogP contribution in [0.5, 0.6) is 0 Å². The molecular formula is C70H131NO5. The van der Waals surface area contributed by atoms with E-state index in [0.717, 1.165) is 57.8 Å². The van der Waals surface area contributed by atoms with Crippen LogP contribution >= 0.6 is 0 Å². The van der Waals surface area contributed by atoms with E-state index in [1.54, 1.807) is 6.08 Å². The number of esters is 1. The number of ether oxygens (including phenoxy) is 1. The number of carbonyl (C=O) groups is 2. The molecule has 0 saturated heterocycles. The molecule has 0 aromatic carbocycles. The molecule has 0 fully saturated rings. The Morgan fingerprint density at radius 3 is 1.03 bits per heavy atom. The van der Waals surface area contributed by atoms with Gasteiger partial charge < -0.3 is 20.3 Å². The lowest BCUT2D eigenvalue weighted by Gasteiger charge is -2.20. The van der Waals surface area contributed by atoms with Crippen molar-refractivity contribution in [3.8, 4) is 0 Å². The number of hydrogen-bond acceptors (Lipinski definition) is 5. The molecule has 0 spiro atoms. The van der Waals surface area contributed by atoms with Crippen LogP contribution in [0, 0.1) is 0 Å². The van der Waals surface area contributed by atoms with Crippen molar-refractivity contribution < 1.29 is 24.5 Å². The molecule has 1 amide bonds. The van der Waals surface area contributed by atoms with Crippen LogP contribution in [0.15, 0.2) is 48.6 Å². The first-order valence-corrected chi connectivity index (χ1v) is 33.9. The molecule has 0 saturated carbocycles. The monoisotopic (exact) mass is 1070 g/mol. The van der Waals surface area contributed by atoms with Crippen LogP contribution in [0.1, 0.15) is 361 Å². The van der Waals surface area contributed by atoms with E-state index >= 15 is 0 Å². The highest BCUT2D eigenvalue weighted by Crippen LogP contribution is 2.17. The van der Waals surface area contributed by atoms with Gasteiger partial charge in [0.1, 0.15) is 0 Å². The van der Waals surface area contributed by atoms with E-state index in [4.69, 9.17) is 4.74 Å². The minimum atomic E-state index is -0.850. The Bertz CT molecular complexity index is 1270. The van der Waals surface area contributed by atoms with Crippen molar-refractivity contribution in [2.45, 2.75) is 373 Å². The SMILES string of the molecule is CCCCCC/C=C\C/C=C\CCCCCCCCCC(=O)OCCCCCCCCCCCCC/C=C\CCCCCCCCCC(=O)NC(CO)C(O)/C=C/CCCCCCCCCCCCCCCCCCC. The topological polar surface area (TPSA) is 95.9 Å². The van der Waals surface area contributed by atoms with Crippen molar-refractivity contribution in [2.75, 3.05) is 13.2 Å². The normalized spacial score (nSPS) is 12.8. The van der Waals surface area contributed by atoms with Gasteiger partial charge in [-0.3, -0.25) is 9.59 Å². The fraction of sp³-hybridized carbons (Fsp3) is 0.857. The van der Waals surface area contributed by atoms with Crippen LogP contribution < -0.4 is 5.32 Å². The van der Waals surface area contributed by atoms with Gasteiger partial charge in [0.05, 0.1) is 25.4 Å². The molecular weight excluding hydrogens is 935 g/mol. The number of aliphatic hydroxyl groups is 2. The van der Waals surface area contributed by atoms with Crippen molar-refractivity contribution in [3.05, 3.63) is 48.6 Å². The van der Waals surface area contributed by atoms with Crippen molar-refractivity contribution in [3.63, 3.8) is 0 Å². The zero-order valence-electron chi connectivity index (χ0n) is 51.0. The van der Waals surface area contributed by atoms with Crippen LogP contribution in [-0.2, 0) is 14.3 Å². The number of nitrogens with one attached hydrogen (secondary N) is 1. The number of unbranched alkanes of at least 4 members (excludes halogenated alkanes) is 46. The van der Waals surface area contributed by atoms with Gasteiger partial charge in [-0.15, -0.1) is 0 Å². The quantitative estimate of drug-likeness (QED) is 0.0320. The molecule has 6 heteroatoms. The van der Waals surface area contributed by atoms with E-state index < -0.39 is 12.1 Å². The van der Waals surface area contributed by atoms with Crippen LogP contribution in [0.2, 0.25) is 0 Å². The molecule has 0 radical (unpaired) electrons. The Labute approximate surface area is 474 Å². The average molecular weight is 1070 g/mol. The average Bonchev–Trinajstić information content (AvgIpc) is 3.42. The zero-order valence-corrected chi connectivity index (χ0v) is 51.0. The first-order valence-electron chi connectivity index (χ1n) is 33.9. The van der Waals surface area contributed by atoms with Gasteiger partial charge in [-0.25, -0.2) is 0 Å². The number of hydrogen-bond donors (Lipinski definition) is 3. The minimum Gasteiger partial charge on any atom is -0.466 e. The maximum atomic E-state index is 12.5. The summed E-state index contributed by atoms with van der Waals surface area (Å²) in [5.41, 5.74) is 0. The lowest BCUT2D eigenvalue weighted by Crippen LogP contribution is -2.45. The predicted octanol–water partition coefficient (Wildman–Crippen LogP) is 21.7. The van der Waals surface area contributed by atoms with Gasteiger partial charge in [-0.05, 0) is 89.9 Å². The summed E-state index contributed by atoms with van der Waals surface area (Å²) in [6.45, 7) is 4.90. The summed E-state index contributed by atoms with van der Waals surface area (Å²) in [5.74, 6) is -0.0707. The van der Waals surface area contributed by atoms with E-state index in [2.05, 4.69) is 55.6 Å². The summed E-state index contributed by atoms with van der Waals surface area (Å²) in [5, 5.41) is 23.2. The number of allylic oxidation sites excluding steroid dienone is 7. The highest BCUT2D eigenvalue weighted by molar-refractivity contribution is 5.76. The summed E-state index contributed by atoms with van der Waals surface area (Å²) in [7, 11) is 0. The van der Waals surface area contributed by atoms with Gasteiger partial charge in [0, 0.05) is 12.8 Å². The third-order valence-electron chi connectivity index (χ3n) is 15.6. The van der Waals surface area contributed by atoms with E-state index in [-0.39, 0.29) is 18.5 Å². The van der Waals surface area contributed by atoms with Gasteiger partial charge in [0.25, 0.3) is 0 Å². The zero-order chi connectivity index (χ0) is 55.0. The lowest BCUT2D eigenvalue weighted by molar-refractivity contribution is -0.143. The van der Waals surface area contributed by atoms with E-state index in [9.17, 15) is 19.8 Å². The van der Waals surface area contributed by atoms with Crippen molar-refractivity contribution in [1.29, 1.82) is 0 Å². The Morgan fingerprint density at radius 1 is 0.368 bits per heavy atom. The summed E-state index contributed by atoms with van der Waals surface area (Å²) in [6, 6.07) is -0.635. The van der Waals surface area contributed by atoms with Gasteiger partial charge in [0.2, 0.25) is 5.91 Å². The Hall–Kier alpha value is -2.18. The first kappa shape index (κ1) is 73.8. The number of rotatable bonds is 63. The molecule has 0 aliphatic rings. The first-order chi connectivity index (χ1) is 37.5. The van der Waals surface area contributed by atoms with Crippen LogP contribution in [-0.4, -0.2) is 47.4 Å². The summed E-state index contributed by atoms with van der Waals surface area (Å²) in [6.07, 6.45) is 84.5. The maximum Gasteiger partial charge on any atom is 0.305 e. The van der Waals surface area contributed by atoms with E-state index in [1.165, 1.54) is 276 Å². The van der Waals surface area contributed by atoms with Gasteiger partial charge in [-0.1, -0.05) is 306 Å². The predicted molar refractivity (Wildman–Crippen MR) is 333 cm³/mol. The lowest BCUT2D eigenvalue weighted by atomic mass is 10.0. The highest BCUT2D eigenvalue weighted by atomic mass is 16.5. The molecule has 0 aliphatic heterocycles. The fourth-order valence-corrected chi connectivity index (χ4v) is 10.4. The number of aliphatic hydroxyl groups excluding tert-OH is 2. The number of carbonyl (C=O) groups excluding carboxylic acids is 2. The van der Waals surface area contributed by atoms with E-state index in [1.807, 2.05) is 6.08 Å². The second kappa shape index (κ2) is 65.3. The summed E-state index contributed by atoms with van der Waals surface area (Å²) < 4.78 is 5.49. The van der Waals surface area contributed by atoms with Crippen LogP contribution in [0.4, 0.5) is 0 Å². The molecule has 0 heterocycles. The molecule has 2 atom stereocenters. The molecule has 0 bridgehead atoms. The second-order valence-electron chi connectivity index (χ2n) is 23.1. The molecule has 0 aromatic rings. The molecule has 0 aliphatic carbocycles. The molecule has 76 heavy (non-hydrogen) atoms. The number of amides is 1. The maximum absolute atomic E-state index is 12.5. The molecule has 446 valence electrons. The summed E-state index contributed by atoms with van der Waals surface area (Å²) in [4.78, 5) is 24.6. The van der Waals surface area contributed by atoms with Gasteiger partial charge >= 0.3 is 5.97 Å². The highest BCUT2D eigenvalue weighted by Gasteiger charge is 2.18.